The van der Waals surface area contributed by atoms with Crippen LogP contribution in [0.15, 0.2) is 78.9 Å². The summed E-state index contributed by atoms with van der Waals surface area (Å²) in [7, 11) is 0. The summed E-state index contributed by atoms with van der Waals surface area (Å²) in [6, 6.07) is 22.8. The van der Waals surface area contributed by atoms with Crippen molar-refractivity contribution >= 4 is 5.97 Å². The molecule has 1 atom stereocenters. The predicted octanol–water partition coefficient (Wildman–Crippen LogP) is 6.56. The number of para-hydroxylation sites is 1. The van der Waals surface area contributed by atoms with Crippen LogP contribution in [-0.4, -0.2) is 12.6 Å². The summed E-state index contributed by atoms with van der Waals surface area (Å²) in [5.74, 6) is 0.224. The second-order valence-electron chi connectivity index (χ2n) is 7.34. The number of ether oxygens (including phenoxy) is 3. The minimum absolute atomic E-state index is 0.0108. The number of esters is 1. The van der Waals surface area contributed by atoms with E-state index in [2.05, 4.69) is 4.74 Å². The number of halogens is 2. The Morgan fingerprint density at radius 3 is 2.23 bits per heavy atom. The lowest BCUT2D eigenvalue weighted by Gasteiger charge is -2.20. The average Bonchev–Trinajstić information content (AvgIpc) is 2.73. The molecule has 0 bridgehead atoms. The highest BCUT2D eigenvalue weighted by Crippen LogP contribution is 2.30. The van der Waals surface area contributed by atoms with Crippen molar-refractivity contribution in [3.05, 3.63) is 90.0 Å². The van der Waals surface area contributed by atoms with Crippen LogP contribution in [0.4, 0.5) is 8.78 Å². The maximum atomic E-state index is 12.8. The van der Waals surface area contributed by atoms with E-state index in [4.69, 9.17) is 9.47 Å². The van der Waals surface area contributed by atoms with Crippen molar-refractivity contribution in [3.8, 4) is 17.2 Å². The van der Waals surface area contributed by atoms with Crippen molar-refractivity contribution in [1.29, 1.82) is 0 Å². The number of hydrogen-bond acceptors (Lipinski definition) is 4. The number of benzene rings is 3. The van der Waals surface area contributed by atoms with Gasteiger partial charge in [0.05, 0.1) is 5.92 Å². The van der Waals surface area contributed by atoms with Crippen LogP contribution in [0.25, 0.3) is 0 Å². The Balaban J connectivity index is 1.67. The fourth-order valence-electron chi connectivity index (χ4n) is 3.24. The second kappa shape index (κ2) is 10.6. The van der Waals surface area contributed by atoms with Gasteiger partial charge in [0.15, 0.2) is 0 Å². The summed E-state index contributed by atoms with van der Waals surface area (Å²) in [5.41, 5.74) is 1.35. The van der Waals surface area contributed by atoms with Crippen LogP contribution in [0.2, 0.25) is 0 Å². The largest absolute Gasteiger partial charge is 0.460 e. The van der Waals surface area contributed by atoms with E-state index < -0.39 is 18.5 Å². The second-order valence-corrected chi connectivity index (χ2v) is 7.34. The molecule has 162 valence electrons. The van der Waals surface area contributed by atoms with Gasteiger partial charge in [0.25, 0.3) is 0 Å². The van der Waals surface area contributed by atoms with Crippen LogP contribution < -0.4 is 9.47 Å². The average molecular weight is 426 g/mol. The van der Waals surface area contributed by atoms with Crippen molar-refractivity contribution < 1.29 is 27.8 Å². The van der Waals surface area contributed by atoms with Gasteiger partial charge in [0.2, 0.25) is 0 Å². The van der Waals surface area contributed by atoms with Gasteiger partial charge < -0.3 is 14.2 Å². The van der Waals surface area contributed by atoms with Crippen molar-refractivity contribution in [2.45, 2.75) is 33.0 Å². The van der Waals surface area contributed by atoms with E-state index in [0.717, 1.165) is 5.56 Å². The molecular weight excluding hydrogens is 402 g/mol. The summed E-state index contributed by atoms with van der Waals surface area (Å²) in [5, 5.41) is 0. The van der Waals surface area contributed by atoms with Crippen molar-refractivity contribution in [3.63, 3.8) is 0 Å². The highest BCUT2D eigenvalue weighted by atomic mass is 19.3. The number of carbonyl (C=O) groups excluding carboxylic acids is 1. The molecule has 3 aromatic carbocycles. The molecule has 0 amide bonds. The maximum absolute atomic E-state index is 12.8. The Hall–Kier alpha value is -3.41. The normalized spacial score (nSPS) is 11.9. The molecule has 0 N–H and O–H groups in total. The molecule has 4 nitrogen and oxygen atoms in total. The third-order valence-corrected chi connectivity index (χ3v) is 4.62. The van der Waals surface area contributed by atoms with Crippen molar-refractivity contribution in [2.24, 2.45) is 5.92 Å². The molecule has 31 heavy (non-hydrogen) atoms. The van der Waals surface area contributed by atoms with E-state index in [-0.39, 0.29) is 18.3 Å². The molecule has 0 saturated heterocycles. The third kappa shape index (κ3) is 6.54. The maximum Gasteiger partial charge on any atom is 0.387 e. The lowest BCUT2D eigenvalue weighted by Crippen LogP contribution is -2.21. The summed E-state index contributed by atoms with van der Waals surface area (Å²) in [6.07, 6.45) is 0. The number of alkyl halides is 2. The zero-order valence-corrected chi connectivity index (χ0v) is 17.3. The SMILES string of the molecule is CC(C)C(C(=O)OCc1cccc(Oc2ccccc2)c1)c1cccc(OC(F)F)c1. The van der Waals surface area contributed by atoms with Gasteiger partial charge in [-0.1, -0.05) is 56.3 Å². The topological polar surface area (TPSA) is 44.8 Å². The van der Waals surface area contributed by atoms with Crippen LogP contribution in [0.1, 0.15) is 30.9 Å². The predicted molar refractivity (Wildman–Crippen MR) is 113 cm³/mol. The highest BCUT2D eigenvalue weighted by molar-refractivity contribution is 5.78. The molecule has 0 aliphatic carbocycles. The quantitative estimate of drug-likeness (QED) is 0.363. The number of rotatable bonds is 9. The molecule has 0 fully saturated rings. The van der Waals surface area contributed by atoms with Gasteiger partial charge in [-0.3, -0.25) is 4.79 Å². The van der Waals surface area contributed by atoms with E-state index in [1.807, 2.05) is 68.4 Å². The fraction of sp³-hybridized carbons (Fsp3) is 0.240. The first-order valence-corrected chi connectivity index (χ1v) is 9.95. The molecule has 3 aromatic rings. The minimum atomic E-state index is -2.93. The van der Waals surface area contributed by atoms with Crippen molar-refractivity contribution in [1.82, 2.24) is 0 Å². The molecule has 0 radical (unpaired) electrons. The first kappa shape index (κ1) is 22.3. The monoisotopic (exact) mass is 426 g/mol. The Morgan fingerprint density at radius 2 is 1.52 bits per heavy atom. The van der Waals surface area contributed by atoms with E-state index >= 15 is 0 Å². The van der Waals surface area contributed by atoms with E-state index in [0.29, 0.717) is 17.1 Å². The van der Waals surface area contributed by atoms with Gasteiger partial charge in [-0.15, -0.1) is 0 Å². The minimum Gasteiger partial charge on any atom is -0.460 e. The molecule has 0 aliphatic rings. The molecule has 0 saturated carbocycles. The summed E-state index contributed by atoms with van der Waals surface area (Å²) >= 11 is 0. The van der Waals surface area contributed by atoms with E-state index in [1.165, 1.54) is 12.1 Å². The number of carbonyl (C=O) groups is 1. The molecule has 0 aliphatic heterocycles. The van der Waals surface area contributed by atoms with Gasteiger partial charge in [-0.25, -0.2) is 0 Å². The molecular formula is C25H24F2O4. The smallest absolute Gasteiger partial charge is 0.387 e. The molecule has 3 rings (SSSR count). The van der Waals surface area contributed by atoms with Gasteiger partial charge in [0, 0.05) is 0 Å². The third-order valence-electron chi connectivity index (χ3n) is 4.62. The fourth-order valence-corrected chi connectivity index (χ4v) is 3.24. The van der Waals surface area contributed by atoms with Gasteiger partial charge >= 0.3 is 12.6 Å². The first-order valence-electron chi connectivity index (χ1n) is 9.95. The zero-order valence-electron chi connectivity index (χ0n) is 17.3. The molecule has 1 unspecified atom stereocenters. The summed E-state index contributed by atoms with van der Waals surface area (Å²) in [4.78, 5) is 12.8. The molecule has 0 aromatic heterocycles. The Bertz CT molecular complexity index is 990. The van der Waals surface area contributed by atoms with Gasteiger partial charge in [0.1, 0.15) is 23.9 Å². The first-order chi connectivity index (χ1) is 14.9. The Kier molecular flexibility index (Phi) is 7.60. The lowest BCUT2D eigenvalue weighted by atomic mass is 9.88. The molecule has 0 heterocycles. The zero-order chi connectivity index (χ0) is 22.2. The Labute approximate surface area is 180 Å². The number of hydrogen-bond donors (Lipinski definition) is 0. The highest BCUT2D eigenvalue weighted by Gasteiger charge is 2.26. The van der Waals surface area contributed by atoms with Crippen LogP contribution in [-0.2, 0) is 16.1 Å². The van der Waals surface area contributed by atoms with E-state index in [1.54, 1.807) is 12.1 Å². The van der Waals surface area contributed by atoms with E-state index in [9.17, 15) is 13.6 Å². The Morgan fingerprint density at radius 1 is 0.839 bits per heavy atom. The van der Waals surface area contributed by atoms with Crippen LogP contribution in [0.3, 0.4) is 0 Å². The summed E-state index contributed by atoms with van der Waals surface area (Å²) < 4.78 is 40.9. The van der Waals surface area contributed by atoms with Crippen LogP contribution in [0.5, 0.6) is 17.2 Å². The van der Waals surface area contributed by atoms with Crippen LogP contribution in [0, 0.1) is 5.92 Å². The lowest BCUT2D eigenvalue weighted by molar-refractivity contribution is -0.148. The summed E-state index contributed by atoms with van der Waals surface area (Å²) in [6.45, 7) is 0.897. The molecule has 0 spiro atoms. The standard InChI is InChI=1S/C25H24F2O4/c1-17(2)23(19-9-7-13-22(15-19)31-25(26)27)24(28)29-16-18-8-6-12-21(14-18)30-20-10-4-3-5-11-20/h3-15,17,23,25H,16H2,1-2H3. The van der Waals surface area contributed by atoms with Gasteiger partial charge in [-0.05, 0) is 53.4 Å². The van der Waals surface area contributed by atoms with Crippen molar-refractivity contribution in [2.75, 3.05) is 0 Å². The van der Waals surface area contributed by atoms with Crippen LogP contribution >= 0.6 is 0 Å². The van der Waals surface area contributed by atoms with Gasteiger partial charge in [-0.2, -0.15) is 8.78 Å². The molecule has 6 heteroatoms.